The van der Waals surface area contributed by atoms with Crippen molar-refractivity contribution in [3.05, 3.63) is 0 Å². The molecule has 2 atom stereocenters. The number of hydrogen-bond donors (Lipinski definition) is 2. The quantitative estimate of drug-likeness (QED) is 0.758. The molecule has 98 valence electrons. The van der Waals surface area contributed by atoms with Crippen molar-refractivity contribution in [1.29, 1.82) is 0 Å². The van der Waals surface area contributed by atoms with Crippen molar-refractivity contribution in [2.75, 3.05) is 13.2 Å². The summed E-state index contributed by atoms with van der Waals surface area (Å²) in [5, 5.41) is 11.6. The van der Waals surface area contributed by atoms with E-state index in [0.29, 0.717) is 13.0 Å². The molecule has 1 aliphatic heterocycles. The van der Waals surface area contributed by atoms with Crippen LogP contribution in [0.3, 0.4) is 0 Å². The molecule has 6 heteroatoms. The molecule has 1 fully saturated rings. The van der Waals surface area contributed by atoms with Crippen LogP contribution in [-0.2, 0) is 14.3 Å². The second kappa shape index (κ2) is 5.35. The number of aliphatic carboxylic acids is 1. The van der Waals surface area contributed by atoms with Crippen LogP contribution >= 0.6 is 0 Å². The van der Waals surface area contributed by atoms with Gasteiger partial charge in [-0.25, -0.2) is 4.79 Å². The minimum Gasteiger partial charge on any atom is -0.481 e. The van der Waals surface area contributed by atoms with Crippen molar-refractivity contribution in [2.24, 2.45) is 5.92 Å². The molecule has 1 aliphatic rings. The molecule has 6 nitrogen and oxygen atoms in total. The molecule has 1 saturated heterocycles. The summed E-state index contributed by atoms with van der Waals surface area (Å²) in [4.78, 5) is 22.5. The van der Waals surface area contributed by atoms with E-state index in [2.05, 4.69) is 5.32 Å². The first-order valence-corrected chi connectivity index (χ1v) is 5.59. The normalized spacial score (nSPS) is 25.1. The lowest BCUT2D eigenvalue weighted by atomic mass is 9.96. The number of carboxylic acid groups (broad SMARTS) is 1. The van der Waals surface area contributed by atoms with Crippen molar-refractivity contribution >= 4 is 12.1 Å². The smallest absolute Gasteiger partial charge is 0.407 e. The SMILES string of the molecule is CC(C)(C)OC(=O)NC1CCOC[C@@H]1C(=O)O. The number of hydrogen-bond acceptors (Lipinski definition) is 4. The zero-order valence-corrected chi connectivity index (χ0v) is 10.4. The van der Waals surface area contributed by atoms with Crippen LogP contribution in [-0.4, -0.2) is 42.0 Å². The predicted molar refractivity (Wildman–Crippen MR) is 59.7 cm³/mol. The van der Waals surface area contributed by atoms with Gasteiger partial charge >= 0.3 is 12.1 Å². The number of nitrogens with one attached hydrogen (secondary N) is 1. The second-order valence-corrected chi connectivity index (χ2v) is 5.06. The van der Waals surface area contributed by atoms with Gasteiger partial charge in [0.05, 0.1) is 6.61 Å². The number of carboxylic acids is 1. The van der Waals surface area contributed by atoms with E-state index in [1.807, 2.05) is 0 Å². The van der Waals surface area contributed by atoms with Crippen LogP contribution in [0.15, 0.2) is 0 Å². The van der Waals surface area contributed by atoms with Crippen LogP contribution in [0.25, 0.3) is 0 Å². The van der Waals surface area contributed by atoms with Crippen LogP contribution in [0.2, 0.25) is 0 Å². The first-order chi connectivity index (χ1) is 7.79. The largest absolute Gasteiger partial charge is 0.481 e. The minimum atomic E-state index is -0.967. The molecular formula is C11H19NO5. The number of carbonyl (C=O) groups is 2. The Labute approximate surface area is 100 Å². The molecule has 1 unspecified atom stereocenters. The molecular weight excluding hydrogens is 226 g/mol. The Bertz CT molecular complexity index is 297. The number of ether oxygens (including phenoxy) is 2. The van der Waals surface area contributed by atoms with E-state index in [4.69, 9.17) is 14.6 Å². The van der Waals surface area contributed by atoms with Gasteiger partial charge in [0.2, 0.25) is 0 Å². The van der Waals surface area contributed by atoms with Crippen LogP contribution in [0.4, 0.5) is 4.79 Å². The first-order valence-electron chi connectivity index (χ1n) is 5.59. The van der Waals surface area contributed by atoms with Gasteiger partial charge in [-0.05, 0) is 27.2 Å². The summed E-state index contributed by atoms with van der Waals surface area (Å²) < 4.78 is 10.2. The molecule has 0 saturated carbocycles. The second-order valence-electron chi connectivity index (χ2n) is 5.06. The molecule has 1 rings (SSSR count). The molecule has 0 aliphatic carbocycles. The Morgan fingerprint density at radius 2 is 2.06 bits per heavy atom. The van der Waals surface area contributed by atoms with Crippen molar-refractivity contribution in [2.45, 2.75) is 38.8 Å². The molecule has 0 aromatic rings. The number of rotatable bonds is 2. The van der Waals surface area contributed by atoms with Gasteiger partial charge in [-0.15, -0.1) is 0 Å². The molecule has 2 N–H and O–H groups in total. The molecule has 1 amide bonds. The number of alkyl carbamates (subject to hydrolysis) is 1. The highest BCUT2D eigenvalue weighted by atomic mass is 16.6. The maximum atomic E-state index is 11.5. The van der Waals surface area contributed by atoms with E-state index >= 15 is 0 Å². The Morgan fingerprint density at radius 3 is 2.59 bits per heavy atom. The maximum absolute atomic E-state index is 11.5. The summed E-state index contributed by atoms with van der Waals surface area (Å²) in [7, 11) is 0. The molecule has 0 aromatic heterocycles. The average Bonchev–Trinajstić information content (AvgIpc) is 2.14. The Hall–Kier alpha value is -1.30. The molecule has 0 bridgehead atoms. The van der Waals surface area contributed by atoms with E-state index in [1.54, 1.807) is 20.8 Å². The van der Waals surface area contributed by atoms with Gasteiger partial charge in [-0.1, -0.05) is 0 Å². The third-order valence-electron chi connectivity index (χ3n) is 2.38. The third kappa shape index (κ3) is 4.60. The lowest BCUT2D eigenvalue weighted by molar-refractivity contribution is -0.147. The Morgan fingerprint density at radius 1 is 1.41 bits per heavy atom. The first kappa shape index (κ1) is 13.8. The standard InChI is InChI=1S/C11H19NO5/c1-11(2,3)17-10(15)12-8-4-5-16-6-7(8)9(13)14/h7-8H,4-6H2,1-3H3,(H,12,15)(H,13,14)/t7-,8?/m0/s1. The van der Waals surface area contributed by atoms with Gasteiger partial charge in [0.25, 0.3) is 0 Å². The predicted octanol–water partition coefficient (Wildman–Crippen LogP) is 1.00. The fourth-order valence-electron chi connectivity index (χ4n) is 1.61. The summed E-state index contributed by atoms with van der Waals surface area (Å²) in [6.45, 7) is 5.84. The highest BCUT2D eigenvalue weighted by Crippen LogP contribution is 2.16. The zero-order valence-electron chi connectivity index (χ0n) is 10.4. The lowest BCUT2D eigenvalue weighted by Gasteiger charge is -2.30. The van der Waals surface area contributed by atoms with Crippen molar-refractivity contribution < 1.29 is 24.2 Å². The number of carbonyl (C=O) groups excluding carboxylic acids is 1. The highest BCUT2D eigenvalue weighted by Gasteiger charge is 2.33. The van der Waals surface area contributed by atoms with E-state index < -0.39 is 29.6 Å². The van der Waals surface area contributed by atoms with Gasteiger partial charge in [-0.3, -0.25) is 4.79 Å². The van der Waals surface area contributed by atoms with Crippen LogP contribution in [0, 0.1) is 5.92 Å². The maximum Gasteiger partial charge on any atom is 0.407 e. The van der Waals surface area contributed by atoms with Crippen LogP contribution in [0.1, 0.15) is 27.2 Å². The molecule has 1 heterocycles. The van der Waals surface area contributed by atoms with Gasteiger partial charge in [0, 0.05) is 12.6 Å². The summed E-state index contributed by atoms with van der Waals surface area (Å²) in [6, 6.07) is -0.434. The highest BCUT2D eigenvalue weighted by molar-refractivity contribution is 5.74. The fourth-order valence-corrected chi connectivity index (χ4v) is 1.61. The summed E-state index contributed by atoms with van der Waals surface area (Å²) in [6.07, 6.45) is -0.105. The van der Waals surface area contributed by atoms with Crippen LogP contribution < -0.4 is 5.32 Å². The Kier molecular flexibility index (Phi) is 4.34. The van der Waals surface area contributed by atoms with Gasteiger partial charge < -0.3 is 19.9 Å². The topological polar surface area (TPSA) is 84.9 Å². The van der Waals surface area contributed by atoms with Crippen LogP contribution in [0.5, 0.6) is 0 Å². The fraction of sp³-hybridized carbons (Fsp3) is 0.818. The molecule has 17 heavy (non-hydrogen) atoms. The molecule has 0 radical (unpaired) electrons. The monoisotopic (exact) mass is 245 g/mol. The van der Waals surface area contributed by atoms with E-state index in [1.165, 1.54) is 0 Å². The minimum absolute atomic E-state index is 0.121. The molecule has 0 aromatic carbocycles. The molecule has 0 spiro atoms. The van der Waals surface area contributed by atoms with Gasteiger partial charge in [0.15, 0.2) is 0 Å². The zero-order chi connectivity index (χ0) is 13.1. The van der Waals surface area contributed by atoms with Gasteiger partial charge in [0.1, 0.15) is 11.5 Å². The van der Waals surface area contributed by atoms with Crippen molar-refractivity contribution in [3.8, 4) is 0 Å². The van der Waals surface area contributed by atoms with Crippen molar-refractivity contribution in [3.63, 3.8) is 0 Å². The summed E-state index contributed by atoms with van der Waals surface area (Å²) in [5.74, 6) is -1.68. The van der Waals surface area contributed by atoms with E-state index in [9.17, 15) is 9.59 Å². The van der Waals surface area contributed by atoms with E-state index in [-0.39, 0.29) is 6.61 Å². The summed E-state index contributed by atoms with van der Waals surface area (Å²) >= 11 is 0. The number of amides is 1. The Balaban J connectivity index is 2.53. The van der Waals surface area contributed by atoms with E-state index in [0.717, 1.165) is 0 Å². The van der Waals surface area contributed by atoms with Crippen molar-refractivity contribution in [1.82, 2.24) is 5.32 Å². The average molecular weight is 245 g/mol. The third-order valence-corrected chi connectivity index (χ3v) is 2.38. The lowest BCUT2D eigenvalue weighted by Crippen LogP contribution is -2.49. The van der Waals surface area contributed by atoms with Gasteiger partial charge in [-0.2, -0.15) is 0 Å². The summed E-state index contributed by atoms with van der Waals surface area (Å²) in [5.41, 5.74) is -0.589.